The number of amides is 1. The lowest BCUT2D eigenvalue weighted by Gasteiger charge is -2.21. The summed E-state index contributed by atoms with van der Waals surface area (Å²) in [5.41, 5.74) is 0.335. The van der Waals surface area contributed by atoms with E-state index in [4.69, 9.17) is 11.6 Å². The van der Waals surface area contributed by atoms with Crippen LogP contribution in [0.15, 0.2) is 18.2 Å². The summed E-state index contributed by atoms with van der Waals surface area (Å²) in [5.74, 6) is -0.727. The molecule has 0 unspecified atom stereocenters. The largest absolute Gasteiger partial charge is 0.338 e. The molecule has 0 saturated heterocycles. The van der Waals surface area contributed by atoms with Crippen LogP contribution >= 0.6 is 27.5 Å². The Bertz CT molecular complexity index is 394. The molecule has 0 fully saturated rings. The number of rotatable bonds is 5. The van der Waals surface area contributed by atoms with Crippen LogP contribution in [0.5, 0.6) is 0 Å². The average molecular weight is 323 g/mol. The highest BCUT2D eigenvalue weighted by molar-refractivity contribution is 9.09. The first kappa shape index (κ1) is 14.5. The van der Waals surface area contributed by atoms with E-state index in [2.05, 4.69) is 15.9 Å². The van der Waals surface area contributed by atoms with Crippen molar-refractivity contribution in [3.05, 3.63) is 34.6 Å². The molecule has 0 N–H and O–H groups in total. The van der Waals surface area contributed by atoms with E-state index < -0.39 is 5.82 Å². The summed E-state index contributed by atoms with van der Waals surface area (Å²) in [6.07, 6.45) is 0.870. The number of alkyl halides is 1. The summed E-state index contributed by atoms with van der Waals surface area (Å²) in [5, 5.41) is 0.735. The Morgan fingerprint density at radius 3 is 2.71 bits per heavy atom. The van der Waals surface area contributed by atoms with Gasteiger partial charge in [-0.3, -0.25) is 4.79 Å². The lowest BCUT2D eigenvalue weighted by atomic mass is 10.2. The predicted octanol–water partition coefficient (Wildman–Crippen LogP) is 3.73. The first-order valence-electron chi connectivity index (χ1n) is 5.40. The SMILES string of the molecule is CCCN(CCBr)C(=O)c1ccc(Cl)c(F)c1. The van der Waals surface area contributed by atoms with Crippen LogP contribution in [0.3, 0.4) is 0 Å². The van der Waals surface area contributed by atoms with E-state index in [-0.39, 0.29) is 10.9 Å². The van der Waals surface area contributed by atoms with Gasteiger partial charge in [0.1, 0.15) is 5.82 Å². The molecule has 2 nitrogen and oxygen atoms in total. The Balaban J connectivity index is 2.88. The van der Waals surface area contributed by atoms with Crippen LogP contribution in [-0.2, 0) is 0 Å². The molecule has 94 valence electrons. The van der Waals surface area contributed by atoms with E-state index in [0.717, 1.165) is 6.42 Å². The summed E-state index contributed by atoms with van der Waals surface area (Å²) >= 11 is 8.88. The van der Waals surface area contributed by atoms with Gasteiger partial charge in [-0.05, 0) is 24.6 Å². The van der Waals surface area contributed by atoms with Crippen molar-refractivity contribution in [3.8, 4) is 0 Å². The summed E-state index contributed by atoms with van der Waals surface area (Å²) in [6, 6.07) is 4.13. The molecule has 1 aromatic rings. The van der Waals surface area contributed by atoms with Gasteiger partial charge < -0.3 is 4.90 Å². The minimum atomic E-state index is -0.562. The molecule has 0 aliphatic rings. The van der Waals surface area contributed by atoms with Gasteiger partial charge >= 0.3 is 0 Å². The van der Waals surface area contributed by atoms with Crippen molar-refractivity contribution in [2.24, 2.45) is 0 Å². The van der Waals surface area contributed by atoms with E-state index in [0.29, 0.717) is 24.0 Å². The number of hydrogen-bond acceptors (Lipinski definition) is 1. The quantitative estimate of drug-likeness (QED) is 0.757. The normalized spacial score (nSPS) is 10.4. The number of hydrogen-bond donors (Lipinski definition) is 0. The van der Waals surface area contributed by atoms with Crippen LogP contribution in [-0.4, -0.2) is 29.2 Å². The number of carbonyl (C=O) groups is 1. The lowest BCUT2D eigenvalue weighted by molar-refractivity contribution is 0.0766. The van der Waals surface area contributed by atoms with Gasteiger partial charge in [0.25, 0.3) is 5.91 Å². The number of nitrogens with zero attached hydrogens (tertiary/aromatic N) is 1. The fourth-order valence-corrected chi connectivity index (χ4v) is 2.04. The van der Waals surface area contributed by atoms with Crippen molar-refractivity contribution in [3.63, 3.8) is 0 Å². The third kappa shape index (κ3) is 3.96. The van der Waals surface area contributed by atoms with E-state index in [1.807, 2.05) is 6.92 Å². The van der Waals surface area contributed by atoms with Gasteiger partial charge in [0.15, 0.2) is 0 Å². The zero-order chi connectivity index (χ0) is 12.8. The molecule has 0 aliphatic carbocycles. The molecule has 0 saturated carbocycles. The molecule has 0 aromatic heterocycles. The molecule has 0 radical (unpaired) electrons. The van der Waals surface area contributed by atoms with Crippen LogP contribution in [0.2, 0.25) is 5.02 Å². The van der Waals surface area contributed by atoms with Crippen LogP contribution in [0.4, 0.5) is 4.39 Å². The molecular weight excluding hydrogens is 308 g/mol. The highest BCUT2D eigenvalue weighted by Crippen LogP contribution is 2.17. The maximum atomic E-state index is 13.3. The van der Waals surface area contributed by atoms with E-state index >= 15 is 0 Å². The van der Waals surface area contributed by atoms with Gasteiger partial charge in [0.05, 0.1) is 5.02 Å². The molecular formula is C12H14BrClFNO. The fourth-order valence-electron chi connectivity index (χ4n) is 1.50. The number of benzene rings is 1. The standard InChI is InChI=1S/C12H14BrClFNO/c1-2-6-16(7-5-13)12(17)9-3-4-10(14)11(15)8-9/h3-4,8H,2,5-7H2,1H3. The summed E-state index contributed by atoms with van der Waals surface area (Å²) in [4.78, 5) is 13.8. The third-order valence-corrected chi connectivity index (χ3v) is 2.96. The van der Waals surface area contributed by atoms with Gasteiger partial charge in [-0.2, -0.15) is 0 Å². The summed E-state index contributed by atoms with van der Waals surface area (Å²) in [6.45, 7) is 3.27. The zero-order valence-corrected chi connectivity index (χ0v) is 11.9. The molecule has 0 heterocycles. The molecule has 1 amide bonds. The Labute approximate surface area is 114 Å². The Hall–Kier alpha value is -0.610. The van der Waals surface area contributed by atoms with E-state index in [9.17, 15) is 9.18 Å². The second kappa shape index (κ2) is 6.97. The van der Waals surface area contributed by atoms with Crippen molar-refractivity contribution < 1.29 is 9.18 Å². The average Bonchev–Trinajstić information content (AvgIpc) is 2.31. The molecule has 5 heteroatoms. The minimum Gasteiger partial charge on any atom is -0.338 e. The van der Waals surface area contributed by atoms with Gasteiger partial charge in [0.2, 0.25) is 0 Å². The summed E-state index contributed by atoms with van der Waals surface area (Å²) in [7, 11) is 0. The van der Waals surface area contributed by atoms with Gasteiger partial charge in [-0.15, -0.1) is 0 Å². The second-order valence-corrected chi connectivity index (χ2v) is 4.81. The molecule has 1 rings (SSSR count). The Morgan fingerprint density at radius 1 is 1.47 bits per heavy atom. The van der Waals surface area contributed by atoms with Gasteiger partial charge in [-0.1, -0.05) is 34.5 Å². The van der Waals surface area contributed by atoms with Crippen molar-refractivity contribution in [2.45, 2.75) is 13.3 Å². The molecule has 1 aromatic carbocycles. The monoisotopic (exact) mass is 321 g/mol. The van der Waals surface area contributed by atoms with Crippen molar-refractivity contribution in [1.29, 1.82) is 0 Å². The second-order valence-electron chi connectivity index (χ2n) is 3.61. The number of halogens is 3. The Kier molecular flexibility index (Phi) is 5.92. The van der Waals surface area contributed by atoms with Gasteiger partial charge in [-0.25, -0.2) is 4.39 Å². The van der Waals surface area contributed by atoms with Crippen LogP contribution < -0.4 is 0 Å². The smallest absolute Gasteiger partial charge is 0.253 e. The topological polar surface area (TPSA) is 20.3 Å². The highest BCUT2D eigenvalue weighted by Gasteiger charge is 2.15. The minimum absolute atomic E-state index is 0.0316. The first-order chi connectivity index (χ1) is 8.10. The first-order valence-corrected chi connectivity index (χ1v) is 6.90. The third-order valence-electron chi connectivity index (χ3n) is 2.30. The van der Waals surface area contributed by atoms with Crippen LogP contribution in [0.1, 0.15) is 23.7 Å². The maximum absolute atomic E-state index is 13.3. The maximum Gasteiger partial charge on any atom is 0.253 e. The fraction of sp³-hybridized carbons (Fsp3) is 0.417. The molecule has 0 atom stereocenters. The van der Waals surface area contributed by atoms with Crippen LogP contribution in [0.25, 0.3) is 0 Å². The highest BCUT2D eigenvalue weighted by atomic mass is 79.9. The number of carbonyl (C=O) groups excluding carboxylic acids is 1. The van der Waals surface area contributed by atoms with E-state index in [1.165, 1.54) is 12.1 Å². The molecule has 0 aliphatic heterocycles. The van der Waals surface area contributed by atoms with Crippen molar-refractivity contribution in [2.75, 3.05) is 18.4 Å². The summed E-state index contributed by atoms with van der Waals surface area (Å²) < 4.78 is 13.3. The zero-order valence-electron chi connectivity index (χ0n) is 9.55. The predicted molar refractivity (Wildman–Crippen MR) is 71.4 cm³/mol. The van der Waals surface area contributed by atoms with E-state index in [1.54, 1.807) is 11.0 Å². The molecule has 0 bridgehead atoms. The Morgan fingerprint density at radius 2 is 2.18 bits per heavy atom. The molecule has 17 heavy (non-hydrogen) atoms. The van der Waals surface area contributed by atoms with Crippen molar-refractivity contribution in [1.82, 2.24) is 4.90 Å². The lowest BCUT2D eigenvalue weighted by Crippen LogP contribution is -2.33. The van der Waals surface area contributed by atoms with Crippen LogP contribution in [0, 0.1) is 5.82 Å². The molecule has 0 spiro atoms. The van der Waals surface area contributed by atoms with Gasteiger partial charge in [0, 0.05) is 24.0 Å². The van der Waals surface area contributed by atoms with Crippen molar-refractivity contribution >= 4 is 33.4 Å².